The molecule has 8 nitrogen and oxygen atoms in total. The van der Waals surface area contributed by atoms with Crippen LogP contribution in [-0.4, -0.2) is 26.7 Å². The molecule has 2 atom stereocenters. The van der Waals surface area contributed by atoms with Crippen LogP contribution in [0.25, 0.3) is 5.69 Å². The van der Waals surface area contributed by atoms with Gasteiger partial charge in [0.05, 0.1) is 35.9 Å². The van der Waals surface area contributed by atoms with Crippen LogP contribution in [0.4, 0.5) is 11.4 Å². The van der Waals surface area contributed by atoms with E-state index in [1.165, 1.54) is 24.3 Å². The average Bonchev–Trinajstić information content (AvgIpc) is 3.40. The van der Waals surface area contributed by atoms with Gasteiger partial charge < -0.3 is 19.5 Å². The number of aryl methyl sites for hydroxylation is 3. The fourth-order valence-corrected chi connectivity index (χ4v) is 5.59. The highest BCUT2D eigenvalue weighted by molar-refractivity contribution is 7.80. The summed E-state index contributed by atoms with van der Waals surface area (Å²) in [5.41, 5.74) is 7.46. The molecule has 0 amide bonds. The van der Waals surface area contributed by atoms with E-state index < -0.39 is 0 Å². The quantitative estimate of drug-likeness (QED) is 0.182. The number of pyridine rings is 1. The van der Waals surface area contributed by atoms with Crippen LogP contribution >= 0.6 is 12.2 Å². The Kier molecular flexibility index (Phi) is 6.62. The fourth-order valence-electron chi connectivity index (χ4n) is 5.25. The number of nitro benzene ring substituents is 1. The molecule has 1 fully saturated rings. The Bertz CT molecular complexity index is 1550. The maximum atomic E-state index is 12.0. The van der Waals surface area contributed by atoms with Crippen molar-refractivity contribution in [2.75, 3.05) is 12.0 Å². The van der Waals surface area contributed by atoms with Gasteiger partial charge in [-0.1, -0.05) is 12.1 Å². The van der Waals surface area contributed by atoms with E-state index in [9.17, 15) is 10.1 Å². The summed E-state index contributed by atoms with van der Waals surface area (Å²) in [7, 11) is 1.50. The molecule has 1 N–H and O–H groups in total. The summed E-state index contributed by atoms with van der Waals surface area (Å²) in [4.78, 5) is 18.4. The van der Waals surface area contributed by atoms with Gasteiger partial charge in [0, 0.05) is 23.3 Å². The molecule has 0 bridgehead atoms. The summed E-state index contributed by atoms with van der Waals surface area (Å²) in [6, 6.07) is 18.7. The monoisotopic (exact) mass is 527 g/mol. The summed E-state index contributed by atoms with van der Waals surface area (Å²) in [6.45, 7) is 8.13. The SMILES string of the molecule is COc1ccc(-n2c(C)cc([C@@H]3[C@H](c4ccccn4)NC(=S)N3c3ccc(C)c(C)c3)c2C)c([N+](=O)[O-])c1. The zero-order chi connectivity index (χ0) is 27.1. The molecule has 2 aromatic heterocycles. The first-order valence-corrected chi connectivity index (χ1v) is 12.7. The molecule has 0 unspecified atom stereocenters. The molecule has 4 aromatic rings. The number of aromatic nitrogens is 2. The minimum absolute atomic E-state index is 0.0231. The lowest BCUT2D eigenvalue weighted by molar-refractivity contribution is -0.384. The minimum atomic E-state index is -0.374. The molecule has 2 aromatic carbocycles. The van der Waals surface area contributed by atoms with Crippen molar-refractivity contribution in [3.63, 3.8) is 0 Å². The summed E-state index contributed by atoms with van der Waals surface area (Å²) >= 11 is 5.89. The van der Waals surface area contributed by atoms with Gasteiger partial charge in [0.25, 0.3) is 5.69 Å². The number of hydrogen-bond acceptors (Lipinski definition) is 5. The Balaban J connectivity index is 1.71. The second-order valence-corrected chi connectivity index (χ2v) is 9.93. The molecular weight excluding hydrogens is 498 g/mol. The van der Waals surface area contributed by atoms with Gasteiger partial charge in [-0.25, -0.2) is 0 Å². The van der Waals surface area contributed by atoms with Crippen LogP contribution in [0, 0.1) is 37.8 Å². The molecule has 194 valence electrons. The Morgan fingerprint density at radius 2 is 1.82 bits per heavy atom. The zero-order valence-electron chi connectivity index (χ0n) is 21.9. The molecule has 38 heavy (non-hydrogen) atoms. The first kappa shape index (κ1) is 25.4. The van der Waals surface area contributed by atoms with Crippen molar-refractivity contribution in [3.8, 4) is 11.4 Å². The van der Waals surface area contributed by atoms with Crippen molar-refractivity contribution in [2.45, 2.75) is 39.8 Å². The normalized spacial score (nSPS) is 17.0. The van der Waals surface area contributed by atoms with Crippen molar-refractivity contribution in [1.82, 2.24) is 14.9 Å². The van der Waals surface area contributed by atoms with Crippen LogP contribution in [-0.2, 0) is 0 Å². The van der Waals surface area contributed by atoms with Crippen molar-refractivity contribution in [1.29, 1.82) is 0 Å². The van der Waals surface area contributed by atoms with E-state index in [2.05, 4.69) is 53.3 Å². The van der Waals surface area contributed by atoms with Crippen LogP contribution in [0.15, 0.2) is 66.9 Å². The lowest BCUT2D eigenvalue weighted by Crippen LogP contribution is -2.29. The number of methoxy groups -OCH3 is 1. The summed E-state index contributed by atoms with van der Waals surface area (Å²) < 4.78 is 7.18. The van der Waals surface area contributed by atoms with Gasteiger partial charge in [-0.3, -0.25) is 15.1 Å². The minimum Gasteiger partial charge on any atom is -0.496 e. The Morgan fingerprint density at radius 3 is 2.47 bits per heavy atom. The predicted molar refractivity (Wildman–Crippen MR) is 152 cm³/mol. The molecule has 0 saturated carbocycles. The van der Waals surface area contributed by atoms with E-state index >= 15 is 0 Å². The van der Waals surface area contributed by atoms with Gasteiger partial charge in [-0.15, -0.1) is 0 Å². The largest absolute Gasteiger partial charge is 0.496 e. The number of nitro groups is 1. The van der Waals surface area contributed by atoms with Gasteiger partial charge >= 0.3 is 0 Å². The Morgan fingerprint density at radius 1 is 1.03 bits per heavy atom. The maximum Gasteiger partial charge on any atom is 0.296 e. The molecule has 3 heterocycles. The van der Waals surface area contributed by atoms with Crippen molar-refractivity contribution in [3.05, 3.63) is 111 Å². The van der Waals surface area contributed by atoms with Gasteiger partial charge in [0.1, 0.15) is 11.4 Å². The lowest BCUT2D eigenvalue weighted by Gasteiger charge is -2.28. The van der Waals surface area contributed by atoms with Gasteiger partial charge in [-0.05, 0) is 99.1 Å². The molecule has 1 aliphatic rings. The molecular formula is C29H29N5O3S. The van der Waals surface area contributed by atoms with Crippen LogP contribution in [0.5, 0.6) is 5.75 Å². The number of ether oxygens (including phenoxy) is 1. The number of thiocarbonyl (C=S) groups is 1. The third-order valence-corrected chi connectivity index (χ3v) is 7.59. The van der Waals surface area contributed by atoms with E-state index in [0.29, 0.717) is 16.5 Å². The molecule has 1 aliphatic heterocycles. The summed E-state index contributed by atoms with van der Waals surface area (Å²) in [5.74, 6) is 0.435. The van der Waals surface area contributed by atoms with Gasteiger partial charge in [-0.2, -0.15) is 0 Å². The van der Waals surface area contributed by atoms with Crippen LogP contribution in [0.3, 0.4) is 0 Å². The third-order valence-electron chi connectivity index (χ3n) is 7.28. The summed E-state index contributed by atoms with van der Waals surface area (Å²) in [5, 5.41) is 16.1. The number of benzene rings is 2. The van der Waals surface area contributed by atoms with E-state index in [4.69, 9.17) is 17.0 Å². The highest BCUT2D eigenvalue weighted by Crippen LogP contribution is 2.44. The lowest BCUT2D eigenvalue weighted by atomic mass is 9.96. The number of anilines is 1. The van der Waals surface area contributed by atoms with Gasteiger partial charge in [0.2, 0.25) is 0 Å². The third kappa shape index (κ3) is 4.28. The number of rotatable bonds is 6. The topological polar surface area (TPSA) is 85.5 Å². The van der Waals surface area contributed by atoms with Crippen LogP contribution in [0.2, 0.25) is 0 Å². The first-order chi connectivity index (χ1) is 18.2. The Labute approximate surface area is 227 Å². The van der Waals surface area contributed by atoms with E-state index in [0.717, 1.165) is 28.3 Å². The highest BCUT2D eigenvalue weighted by atomic mass is 32.1. The van der Waals surface area contributed by atoms with Crippen LogP contribution < -0.4 is 15.0 Å². The second kappa shape index (κ2) is 9.90. The highest BCUT2D eigenvalue weighted by Gasteiger charge is 2.42. The molecule has 9 heteroatoms. The first-order valence-electron chi connectivity index (χ1n) is 12.3. The molecule has 0 aliphatic carbocycles. The maximum absolute atomic E-state index is 12.0. The van der Waals surface area contributed by atoms with Crippen molar-refractivity contribution in [2.24, 2.45) is 0 Å². The summed E-state index contributed by atoms with van der Waals surface area (Å²) in [6.07, 6.45) is 1.78. The average molecular weight is 528 g/mol. The predicted octanol–water partition coefficient (Wildman–Crippen LogP) is 6.20. The smallest absolute Gasteiger partial charge is 0.296 e. The second-order valence-electron chi connectivity index (χ2n) is 9.54. The van der Waals surface area contributed by atoms with Crippen molar-refractivity contribution < 1.29 is 9.66 Å². The zero-order valence-corrected chi connectivity index (χ0v) is 22.7. The number of hydrogen-bond donors (Lipinski definition) is 1. The van der Waals surface area contributed by atoms with Crippen LogP contribution in [0.1, 0.15) is 45.9 Å². The van der Waals surface area contributed by atoms with Crippen molar-refractivity contribution >= 4 is 28.7 Å². The Hall–Kier alpha value is -4.24. The fraction of sp³-hybridized carbons (Fsp3) is 0.241. The van der Waals surface area contributed by atoms with E-state index in [-0.39, 0.29) is 22.7 Å². The standard InChI is InChI=1S/C29H29N5O3S/c1-17-9-10-21(14-18(17)2)33-28(27(31-29(33)38)24-8-6-7-13-30-24)23-15-19(3)32(20(23)4)25-12-11-22(37-5)16-26(25)34(35)36/h6-16,27-28H,1-5H3,(H,31,38)/t27-,28+/m0/s1. The van der Waals surface area contributed by atoms with Gasteiger partial charge in [0.15, 0.2) is 5.11 Å². The molecule has 0 spiro atoms. The van der Waals surface area contributed by atoms with E-state index in [1.54, 1.807) is 18.3 Å². The number of nitrogens with one attached hydrogen (secondary N) is 1. The molecule has 5 rings (SSSR count). The molecule has 1 saturated heterocycles. The molecule has 0 radical (unpaired) electrons. The van der Waals surface area contributed by atoms with E-state index in [1.807, 2.05) is 36.6 Å². The number of nitrogens with zero attached hydrogens (tertiary/aromatic N) is 4.